The van der Waals surface area contributed by atoms with E-state index >= 15 is 0 Å². The van der Waals surface area contributed by atoms with E-state index in [4.69, 9.17) is 0 Å². The van der Waals surface area contributed by atoms with Crippen LogP contribution in [-0.2, 0) is 0 Å². The second kappa shape index (κ2) is 9.33. The molecule has 0 spiro atoms. The summed E-state index contributed by atoms with van der Waals surface area (Å²) in [7, 11) is 0. The maximum absolute atomic E-state index is 11.5. The molecule has 1 heteroatoms. The Morgan fingerprint density at radius 1 is 0.923 bits per heavy atom. The first-order valence-corrected chi connectivity index (χ1v) is 9.76. The number of Topliss-reactive ketones (excluding diaryl/α,β-unsaturated/α-hetero) is 1. The van der Waals surface area contributed by atoms with E-state index in [0.717, 1.165) is 12.0 Å². The molecule has 1 aliphatic carbocycles. The first-order valence-electron chi connectivity index (χ1n) is 9.76. The molecule has 0 amide bonds. The minimum absolute atomic E-state index is 0.123. The Hall–Kier alpha value is -2.41. The van der Waals surface area contributed by atoms with E-state index in [9.17, 15) is 4.79 Å². The fraction of sp³-hybridized carbons (Fsp3) is 0.320. The number of ketones is 1. The zero-order valence-corrected chi connectivity index (χ0v) is 15.7. The average Bonchev–Trinajstić information content (AvgIpc) is 2.69. The van der Waals surface area contributed by atoms with Gasteiger partial charge in [0.1, 0.15) is 0 Å². The van der Waals surface area contributed by atoms with Gasteiger partial charge in [-0.25, -0.2) is 0 Å². The highest BCUT2D eigenvalue weighted by Gasteiger charge is 2.12. The molecule has 0 aliphatic heterocycles. The van der Waals surface area contributed by atoms with E-state index in [1.807, 2.05) is 18.2 Å². The van der Waals surface area contributed by atoms with Gasteiger partial charge in [0, 0.05) is 5.56 Å². The summed E-state index contributed by atoms with van der Waals surface area (Å²) in [5, 5.41) is 0. The topological polar surface area (TPSA) is 17.1 Å². The molecule has 0 radical (unpaired) electrons. The number of rotatable bonds is 6. The van der Waals surface area contributed by atoms with Gasteiger partial charge in [-0.1, -0.05) is 92.1 Å². The summed E-state index contributed by atoms with van der Waals surface area (Å²) in [6, 6.07) is 18.5. The van der Waals surface area contributed by atoms with Crippen molar-refractivity contribution in [1.82, 2.24) is 0 Å². The Bertz CT molecular complexity index is 760. The van der Waals surface area contributed by atoms with Crippen LogP contribution < -0.4 is 0 Å². The molecule has 0 unspecified atom stereocenters. The zero-order valence-electron chi connectivity index (χ0n) is 15.7. The molecule has 26 heavy (non-hydrogen) atoms. The average molecular weight is 344 g/mol. The quantitative estimate of drug-likeness (QED) is 0.518. The van der Waals surface area contributed by atoms with E-state index in [0.29, 0.717) is 5.92 Å². The van der Waals surface area contributed by atoms with Gasteiger partial charge in [0.25, 0.3) is 0 Å². The highest BCUT2D eigenvalue weighted by molar-refractivity contribution is 5.94. The number of benzene rings is 2. The molecule has 0 saturated heterocycles. The molecular formula is C25H28O. The van der Waals surface area contributed by atoms with Crippen molar-refractivity contribution in [2.75, 3.05) is 0 Å². The largest absolute Gasteiger partial charge is 0.295 e. The van der Waals surface area contributed by atoms with Crippen LogP contribution in [-0.4, -0.2) is 5.78 Å². The van der Waals surface area contributed by atoms with Crippen LogP contribution >= 0.6 is 0 Å². The third-order valence-corrected chi connectivity index (χ3v) is 5.20. The van der Waals surface area contributed by atoms with Crippen LogP contribution in [0.25, 0.3) is 11.6 Å². The summed E-state index contributed by atoms with van der Waals surface area (Å²) in [5.41, 5.74) is 4.62. The van der Waals surface area contributed by atoms with Gasteiger partial charge in [0.05, 0.1) is 0 Å². The number of carbonyl (C=O) groups is 1. The minimum Gasteiger partial charge on any atom is -0.295 e. The van der Waals surface area contributed by atoms with Gasteiger partial charge >= 0.3 is 0 Å². The third-order valence-electron chi connectivity index (χ3n) is 5.20. The summed E-state index contributed by atoms with van der Waals surface area (Å²) < 4.78 is 0. The standard InChI is InChI=1S/C25H28O/c1-20(26)23-15-17-24(18-16-23)25(19-22-11-6-3-7-12-22)14-8-13-21-9-4-2-5-10-21/h2,4-5,8-10,13,15-19,22H,3,6-7,11-12,14H2,1H3/b13-8+,25-19+. The fourth-order valence-electron chi connectivity index (χ4n) is 3.67. The van der Waals surface area contributed by atoms with Gasteiger partial charge in [-0.05, 0) is 48.8 Å². The normalized spacial score (nSPS) is 16.1. The van der Waals surface area contributed by atoms with E-state index in [1.54, 1.807) is 6.92 Å². The van der Waals surface area contributed by atoms with E-state index in [-0.39, 0.29) is 5.78 Å². The molecule has 3 rings (SSSR count). The molecule has 0 atom stereocenters. The van der Waals surface area contributed by atoms with Crippen molar-refractivity contribution in [3.8, 4) is 0 Å². The first-order chi connectivity index (χ1) is 12.7. The van der Waals surface area contributed by atoms with Crippen molar-refractivity contribution in [3.05, 3.63) is 83.4 Å². The molecule has 0 bridgehead atoms. The Kier molecular flexibility index (Phi) is 6.60. The molecule has 1 fully saturated rings. The summed E-state index contributed by atoms with van der Waals surface area (Å²) in [5.74, 6) is 0.815. The maximum atomic E-state index is 11.5. The predicted molar refractivity (Wildman–Crippen MR) is 111 cm³/mol. The van der Waals surface area contributed by atoms with E-state index in [2.05, 4.69) is 54.6 Å². The Labute approximate surface area is 157 Å². The highest BCUT2D eigenvalue weighted by Crippen LogP contribution is 2.30. The first kappa shape index (κ1) is 18.4. The molecule has 2 aromatic carbocycles. The summed E-state index contributed by atoms with van der Waals surface area (Å²) >= 11 is 0. The smallest absolute Gasteiger partial charge is 0.159 e. The number of carbonyl (C=O) groups excluding carboxylic acids is 1. The Balaban J connectivity index is 1.80. The molecule has 1 saturated carbocycles. The van der Waals surface area contributed by atoms with Crippen LogP contribution in [0.4, 0.5) is 0 Å². The number of hydrogen-bond donors (Lipinski definition) is 0. The van der Waals surface area contributed by atoms with Crippen LogP contribution in [0.3, 0.4) is 0 Å². The second-order valence-electron chi connectivity index (χ2n) is 7.24. The molecule has 0 heterocycles. The Morgan fingerprint density at radius 3 is 2.23 bits per heavy atom. The van der Waals surface area contributed by atoms with Crippen molar-refractivity contribution in [1.29, 1.82) is 0 Å². The number of hydrogen-bond acceptors (Lipinski definition) is 1. The van der Waals surface area contributed by atoms with Gasteiger partial charge in [-0.2, -0.15) is 0 Å². The molecule has 1 aliphatic rings. The van der Waals surface area contributed by atoms with E-state index < -0.39 is 0 Å². The van der Waals surface area contributed by atoms with Crippen molar-refractivity contribution < 1.29 is 4.79 Å². The maximum Gasteiger partial charge on any atom is 0.159 e. The van der Waals surface area contributed by atoms with Crippen molar-refractivity contribution >= 4 is 17.4 Å². The predicted octanol–water partition coefficient (Wildman–Crippen LogP) is 6.96. The Morgan fingerprint density at radius 2 is 1.58 bits per heavy atom. The van der Waals surface area contributed by atoms with Crippen LogP contribution in [0.15, 0.2) is 66.7 Å². The lowest BCUT2D eigenvalue weighted by molar-refractivity contribution is 0.101. The lowest BCUT2D eigenvalue weighted by atomic mass is 9.86. The number of allylic oxidation sites excluding steroid dienone is 3. The SMILES string of the molecule is CC(=O)c1ccc(/C(=C/C2CCCCC2)C/C=C/c2ccccc2)cc1. The van der Waals surface area contributed by atoms with Gasteiger partial charge in [-0.15, -0.1) is 0 Å². The highest BCUT2D eigenvalue weighted by atomic mass is 16.1. The fourth-order valence-corrected chi connectivity index (χ4v) is 3.67. The van der Waals surface area contributed by atoms with Crippen molar-refractivity contribution in [2.45, 2.75) is 45.4 Å². The zero-order chi connectivity index (χ0) is 18.2. The summed E-state index contributed by atoms with van der Waals surface area (Å²) in [6.07, 6.45) is 14.5. The van der Waals surface area contributed by atoms with Gasteiger partial charge in [0.15, 0.2) is 5.78 Å². The molecule has 0 aromatic heterocycles. The lowest BCUT2D eigenvalue weighted by Gasteiger charge is -2.20. The van der Waals surface area contributed by atoms with Gasteiger partial charge < -0.3 is 0 Å². The second-order valence-corrected chi connectivity index (χ2v) is 7.24. The van der Waals surface area contributed by atoms with Crippen LogP contribution in [0.2, 0.25) is 0 Å². The monoisotopic (exact) mass is 344 g/mol. The van der Waals surface area contributed by atoms with Gasteiger partial charge in [0.2, 0.25) is 0 Å². The summed E-state index contributed by atoms with van der Waals surface area (Å²) in [4.78, 5) is 11.5. The third kappa shape index (κ3) is 5.29. The molecule has 134 valence electrons. The lowest BCUT2D eigenvalue weighted by Crippen LogP contribution is -2.04. The minimum atomic E-state index is 0.123. The van der Waals surface area contributed by atoms with Gasteiger partial charge in [-0.3, -0.25) is 4.79 Å². The van der Waals surface area contributed by atoms with Crippen LogP contribution in [0, 0.1) is 5.92 Å². The van der Waals surface area contributed by atoms with Crippen molar-refractivity contribution in [3.63, 3.8) is 0 Å². The molecule has 2 aromatic rings. The van der Waals surface area contributed by atoms with E-state index in [1.165, 1.54) is 48.8 Å². The summed E-state index contributed by atoms with van der Waals surface area (Å²) in [6.45, 7) is 1.62. The van der Waals surface area contributed by atoms with Crippen LogP contribution in [0.1, 0.15) is 66.9 Å². The molecule has 0 N–H and O–H groups in total. The van der Waals surface area contributed by atoms with Crippen LogP contribution in [0.5, 0.6) is 0 Å². The van der Waals surface area contributed by atoms with Crippen molar-refractivity contribution in [2.24, 2.45) is 5.92 Å². The molecule has 1 nitrogen and oxygen atoms in total. The molecular weight excluding hydrogens is 316 g/mol.